The molecule has 37 heavy (non-hydrogen) atoms. The fraction of sp³-hybridized carbons (Fsp3) is 0.310. The number of pyridine rings is 1. The van der Waals surface area contributed by atoms with E-state index in [0.29, 0.717) is 29.2 Å². The molecule has 3 N–H and O–H groups in total. The molecule has 0 aliphatic rings. The lowest BCUT2D eigenvalue weighted by Crippen LogP contribution is -2.26. The minimum atomic E-state index is -0.572. The molecule has 3 rings (SSSR count). The fourth-order valence-corrected chi connectivity index (χ4v) is 4.04. The zero-order valence-electron chi connectivity index (χ0n) is 21.7. The van der Waals surface area contributed by atoms with Crippen molar-refractivity contribution in [1.82, 2.24) is 10.3 Å². The molecule has 194 valence electrons. The smallest absolute Gasteiger partial charge is 0.407 e. The van der Waals surface area contributed by atoms with Crippen LogP contribution >= 0.6 is 12.2 Å². The van der Waals surface area contributed by atoms with Gasteiger partial charge in [-0.05, 0) is 37.3 Å². The number of carbonyl (C=O) groups is 2. The Bertz CT molecular complexity index is 1260. The van der Waals surface area contributed by atoms with E-state index in [1.807, 2.05) is 61.5 Å². The van der Waals surface area contributed by atoms with Gasteiger partial charge >= 0.3 is 12.1 Å². The molecular formula is C29H33N3O4S. The summed E-state index contributed by atoms with van der Waals surface area (Å²) in [4.78, 5) is 30.7. The standard InChI is InChI=1S/C29H33N3O4S/c1-18(2)14-24-23(15-31-29(34)36-16-21-8-6-5-7-9-21)27(22-12-10-19(3)11-13-22)26(20(4)32-24)28(33)35-17-25(30)37/h5-13,18H,14-17H2,1-4H3,(H2,30,37)(H,31,34). The molecule has 0 fully saturated rings. The Kier molecular flexibility index (Phi) is 9.74. The molecular weight excluding hydrogens is 486 g/mol. The SMILES string of the molecule is Cc1ccc(-c2c(CNC(=O)OCc3ccccc3)c(CC(C)C)nc(C)c2C(=O)OCC(N)=S)cc1. The van der Waals surface area contributed by atoms with Crippen LogP contribution in [-0.2, 0) is 29.0 Å². The van der Waals surface area contributed by atoms with Crippen LogP contribution < -0.4 is 11.1 Å². The maximum atomic E-state index is 13.2. The van der Waals surface area contributed by atoms with Gasteiger partial charge in [0.25, 0.3) is 0 Å². The highest BCUT2D eigenvalue weighted by atomic mass is 32.1. The van der Waals surface area contributed by atoms with Crippen LogP contribution in [0.15, 0.2) is 54.6 Å². The number of amides is 1. The maximum Gasteiger partial charge on any atom is 0.407 e. The Labute approximate surface area is 223 Å². The number of hydrogen-bond donors (Lipinski definition) is 2. The van der Waals surface area contributed by atoms with Gasteiger partial charge in [0, 0.05) is 23.4 Å². The monoisotopic (exact) mass is 519 g/mol. The number of nitrogens with two attached hydrogens (primary N) is 1. The van der Waals surface area contributed by atoms with Crippen molar-refractivity contribution in [3.63, 3.8) is 0 Å². The lowest BCUT2D eigenvalue weighted by atomic mass is 9.89. The van der Waals surface area contributed by atoms with Crippen molar-refractivity contribution in [2.24, 2.45) is 11.7 Å². The summed E-state index contributed by atoms with van der Waals surface area (Å²) in [5, 5.41) is 2.85. The number of carbonyl (C=O) groups excluding carboxylic acids is 2. The van der Waals surface area contributed by atoms with Crippen molar-refractivity contribution in [3.8, 4) is 11.1 Å². The van der Waals surface area contributed by atoms with Gasteiger partial charge in [-0.2, -0.15) is 0 Å². The number of rotatable bonds is 10. The van der Waals surface area contributed by atoms with Crippen molar-refractivity contribution >= 4 is 29.3 Å². The normalized spacial score (nSPS) is 10.7. The van der Waals surface area contributed by atoms with Crippen molar-refractivity contribution < 1.29 is 19.1 Å². The number of esters is 1. The minimum absolute atomic E-state index is 0.0790. The van der Waals surface area contributed by atoms with Crippen LogP contribution in [0.4, 0.5) is 4.79 Å². The van der Waals surface area contributed by atoms with E-state index in [4.69, 9.17) is 32.4 Å². The summed E-state index contributed by atoms with van der Waals surface area (Å²) in [5.41, 5.74) is 11.4. The van der Waals surface area contributed by atoms with Crippen LogP contribution in [0, 0.1) is 19.8 Å². The van der Waals surface area contributed by atoms with E-state index in [0.717, 1.165) is 27.9 Å². The third-order valence-corrected chi connectivity index (χ3v) is 5.80. The Balaban J connectivity index is 2.02. The highest BCUT2D eigenvalue weighted by molar-refractivity contribution is 7.80. The highest BCUT2D eigenvalue weighted by Gasteiger charge is 2.25. The van der Waals surface area contributed by atoms with Gasteiger partial charge in [0.05, 0.1) is 11.3 Å². The number of nitrogens with zero attached hydrogens (tertiary/aromatic N) is 1. The summed E-state index contributed by atoms with van der Waals surface area (Å²) < 4.78 is 10.8. The van der Waals surface area contributed by atoms with Gasteiger partial charge in [-0.1, -0.05) is 86.2 Å². The number of nitrogens with one attached hydrogen (secondary N) is 1. The van der Waals surface area contributed by atoms with Gasteiger partial charge in [-0.25, -0.2) is 9.59 Å². The van der Waals surface area contributed by atoms with Gasteiger partial charge in [0.15, 0.2) is 0 Å². The molecule has 0 unspecified atom stereocenters. The summed E-state index contributed by atoms with van der Waals surface area (Å²) >= 11 is 4.89. The summed E-state index contributed by atoms with van der Waals surface area (Å²) in [5.74, 6) is -0.272. The first kappa shape index (κ1) is 27.8. The Hall–Kier alpha value is -3.78. The van der Waals surface area contributed by atoms with Crippen LogP contribution in [0.25, 0.3) is 11.1 Å². The van der Waals surface area contributed by atoms with E-state index in [1.54, 1.807) is 6.92 Å². The van der Waals surface area contributed by atoms with Gasteiger partial charge in [-0.15, -0.1) is 0 Å². The molecule has 1 heterocycles. The number of aryl methyl sites for hydroxylation is 2. The molecule has 0 saturated heterocycles. The first-order valence-electron chi connectivity index (χ1n) is 12.1. The average Bonchev–Trinajstić information content (AvgIpc) is 2.86. The van der Waals surface area contributed by atoms with Crippen LogP contribution in [0.5, 0.6) is 0 Å². The second-order valence-corrected chi connectivity index (χ2v) is 9.82. The van der Waals surface area contributed by atoms with Crippen molar-refractivity contribution in [2.45, 2.75) is 47.3 Å². The van der Waals surface area contributed by atoms with Crippen molar-refractivity contribution in [1.29, 1.82) is 0 Å². The Morgan fingerprint density at radius 3 is 2.32 bits per heavy atom. The molecule has 2 aromatic carbocycles. The molecule has 0 aliphatic carbocycles. The van der Waals surface area contributed by atoms with Gasteiger partial charge in [-0.3, -0.25) is 4.98 Å². The molecule has 0 saturated carbocycles. The molecule has 0 spiro atoms. The quantitative estimate of drug-likeness (QED) is 0.272. The Morgan fingerprint density at radius 1 is 1.03 bits per heavy atom. The van der Waals surface area contributed by atoms with Gasteiger partial charge < -0.3 is 20.5 Å². The summed E-state index contributed by atoms with van der Waals surface area (Å²) in [6.07, 6.45) is 0.102. The second-order valence-electron chi connectivity index (χ2n) is 9.29. The highest BCUT2D eigenvalue weighted by Crippen LogP contribution is 2.33. The van der Waals surface area contributed by atoms with Gasteiger partial charge in [0.1, 0.15) is 18.2 Å². The lowest BCUT2D eigenvalue weighted by molar-refractivity contribution is 0.0563. The predicted molar refractivity (Wildman–Crippen MR) is 148 cm³/mol. The number of alkyl carbamates (subject to hydrolysis) is 1. The first-order valence-corrected chi connectivity index (χ1v) is 12.6. The fourth-order valence-electron chi connectivity index (χ4n) is 3.98. The third-order valence-electron chi connectivity index (χ3n) is 5.68. The molecule has 1 aromatic heterocycles. The minimum Gasteiger partial charge on any atom is -0.455 e. The molecule has 0 bridgehead atoms. The number of benzene rings is 2. The average molecular weight is 520 g/mol. The van der Waals surface area contributed by atoms with Crippen LogP contribution in [0.2, 0.25) is 0 Å². The summed E-state index contributed by atoms with van der Waals surface area (Å²) in [6, 6.07) is 17.3. The van der Waals surface area contributed by atoms with Crippen molar-refractivity contribution in [2.75, 3.05) is 6.61 Å². The molecule has 0 aliphatic heterocycles. The van der Waals surface area contributed by atoms with Gasteiger partial charge in [0.2, 0.25) is 0 Å². The maximum absolute atomic E-state index is 13.2. The predicted octanol–water partition coefficient (Wildman–Crippen LogP) is 5.43. The molecule has 0 radical (unpaired) electrons. The molecule has 3 aromatic rings. The van der Waals surface area contributed by atoms with E-state index in [-0.39, 0.29) is 24.7 Å². The van der Waals surface area contributed by atoms with E-state index >= 15 is 0 Å². The Morgan fingerprint density at radius 2 is 1.70 bits per heavy atom. The molecule has 8 heteroatoms. The molecule has 7 nitrogen and oxygen atoms in total. The van der Waals surface area contributed by atoms with Crippen LogP contribution in [0.1, 0.15) is 52.3 Å². The summed E-state index contributed by atoms with van der Waals surface area (Å²) in [7, 11) is 0. The zero-order chi connectivity index (χ0) is 26.9. The summed E-state index contributed by atoms with van der Waals surface area (Å²) in [6.45, 7) is 8.07. The lowest BCUT2D eigenvalue weighted by Gasteiger charge is -2.21. The largest absolute Gasteiger partial charge is 0.455 e. The number of aromatic nitrogens is 1. The number of ether oxygens (including phenoxy) is 2. The van der Waals surface area contributed by atoms with Crippen molar-refractivity contribution in [3.05, 3.63) is 88.2 Å². The first-order chi connectivity index (χ1) is 17.7. The van der Waals surface area contributed by atoms with E-state index in [1.165, 1.54) is 0 Å². The van der Waals surface area contributed by atoms with E-state index < -0.39 is 12.1 Å². The topological polar surface area (TPSA) is 104 Å². The van der Waals surface area contributed by atoms with E-state index in [2.05, 4.69) is 19.2 Å². The second kappa shape index (κ2) is 13.0. The van der Waals surface area contributed by atoms with E-state index in [9.17, 15) is 9.59 Å². The number of hydrogen-bond acceptors (Lipinski definition) is 6. The third kappa shape index (κ3) is 7.85. The van der Waals surface area contributed by atoms with Crippen LogP contribution in [-0.4, -0.2) is 28.6 Å². The number of thiocarbonyl (C=S) groups is 1. The van der Waals surface area contributed by atoms with Crippen LogP contribution in [0.3, 0.4) is 0 Å². The molecule has 0 atom stereocenters. The zero-order valence-corrected chi connectivity index (χ0v) is 22.5. The molecule has 1 amide bonds.